The number of nitrogens with zero attached hydrogens (tertiary/aromatic N) is 1. The van der Waals surface area contributed by atoms with Crippen molar-refractivity contribution in [3.63, 3.8) is 0 Å². The van der Waals surface area contributed by atoms with Gasteiger partial charge in [-0.3, -0.25) is 0 Å². The van der Waals surface area contributed by atoms with Crippen molar-refractivity contribution in [2.45, 2.75) is 13.0 Å². The summed E-state index contributed by atoms with van der Waals surface area (Å²) in [5.41, 5.74) is 3.38. The molecule has 0 aliphatic carbocycles. The first kappa shape index (κ1) is 14.6. The van der Waals surface area contributed by atoms with Crippen molar-refractivity contribution in [1.82, 2.24) is 4.98 Å². The second-order valence-electron chi connectivity index (χ2n) is 5.05. The Labute approximate surface area is 130 Å². The van der Waals surface area contributed by atoms with E-state index in [1.165, 1.54) is 5.57 Å². The van der Waals surface area contributed by atoms with E-state index in [2.05, 4.69) is 11.1 Å². The van der Waals surface area contributed by atoms with Crippen molar-refractivity contribution in [3.05, 3.63) is 59.8 Å². The first-order chi connectivity index (χ1) is 10.9. The molecular weight excluding hydrogens is 278 g/mol. The number of aromatic nitrogens is 1. The van der Waals surface area contributed by atoms with E-state index in [1.54, 1.807) is 13.3 Å². The third-order valence-electron chi connectivity index (χ3n) is 3.62. The van der Waals surface area contributed by atoms with Crippen LogP contribution in [-0.2, 0) is 11.3 Å². The van der Waals surface area contributed by atoms with Crippen LogP contribution in [0.25, 0.3) is 5.57 Å². The number of hydrogen-bond acceptors (Lipinski definition) is 4. The van der Waals surface area contributed by atoms with Crippen LogP contribution in [0.4, 0.5) is 0 Å². The highest BCUT2D eigenvalue weighted by atomic mass is 16.5. The van der Waals surface area contributed by atoms with Crippen molar-refractivity contribution in [1.29, 1.82) is 0 Å². The molecule has 0 atom stereocenters. The summed E-state index contributed by atoms with van der Waals surface area (Å²) in [4.78, 5) is 4.37. The zero-order valence-electron chi connectivity index (χ0n) is 12.6. The third kappa shape index (κ3) is 3.46. The molecule has 114 valence electrons. The van der Waals surface area contributed by atoms with E-state index >= 15 is 0 Å². The Morgan fingerprint density at radius 2 is 2.05 bits per heavy atom. The molecule has 2 aromatic rings. The lowest BCUT2D eigenvalue weighted by Crippen LogP contribution is -2.06. The van der Waals surface area contributed by atoms with E-state index in [9.17, 15) is 0 Å². The summed E-state index contributed by atoms with van der Waals surface area (Å²) in [6.45, 7) is 1.89. The minimum atomic E-state index is 0.484. The summed E-state index contributed by atoms with van der Waals surface area (Å²) in [6, 6.07) is 11.8. The topological polar surface area (TPSA) is 40.6 Å². The average Bonchev–Trinajstić information content (AvgIpc) is 2.61. The number of hydrogen-bond donors (Lipinski definition) is 0. The Hall–Kier alpha value is -2.33. The highest BCUT2D eigenvalue weighted by molar-refractivity contribution is 5.69. The molecule has 22 heavy (non-hydrogen) atoms. The molecule has 1 aliphatic heterocycles. The molecule has 0 fully saturated rings. The van der Waals surface area contributed by atoms with Crippen molar-refractivity contribution in [2.75, 3.05) is 20.3 Å². The molecule has 0 bridgehead atoms. The van der Waals surface area contributed by atoms with E-state index in [-0.39, 0.29) is 0 Å². The Balaban J connectivity index is 1.73. The van der Waals surface area contributed by atoms with Gasteiger partial charge in [-0.25, -0.2) is 4.98 Å². The van der Waals surface area contributed by atoms with Gasteiger partial charge in [0.25, 0.3) is 0 Å². The zero-order valence-corrected chi connectivity index (χ0v) is 12.6. The quantitative estimate of drug-likeness (QED) is 0.847. The van der Waals surface area contributed by atoms with Gasteiger partial charge in [-0.05, 0) is 41.8 Å². The highest BCUT2D eigenvalue weighted by Gasteiger charge is 2.12. The molecule has 0 amide bonds. The van der Waals surface area contributed by atoms with Crippen molar-refractivity contribution >= 4 is 5.57 Å². The van der Waals surface area contributed by atoms with Crippen LogP contribution in [0, 0.1) is 0 Å². The molecular formula is C18H19NO3. The first-order valence-corrected chi connectivity index (χ1v) is 7.35. The fourth-order valence-corrected chi connectivity index (χ4v) is 2.40. The fourth-order valence-electron chi connectivity index (χ4n) is 2.40. The third-order valence-corrected chi connectivity index (χ3v) is 3.62. The lowest BCUT2D eigenvalue weighted by atomic mass is 10.0. The lowest BCUT2D eigenvalue weighted by Gasteiger charge is -2.16. The maximum absolute atomic E-state index is 5.92. The molecule has 1 aromatic heterocycles. The Kier molecular flexibility index (Phi) is 4.71. The van der Waals surface area contributed by atoms with Crippen LogP contribution in [0.1, 0.15) is 17.5 Å². The summed E-state index contributed by atoms with van der Waals surface area (Å²) in [7, 11) is 1.66. The van der Waals surface area contributed by atoms with Gasteiger partial charge in [-0.1, -0.05) is 18.2 Å². The van der Waals surface area contributed by atoms with E-state index in [0.29, 0.717) is 19.1 Å². The summed E-state index contributed by atoms with van der Waals surface area (Å²) in [6.07, 6.45) is 4.75. The van der Waals surface area contributed by atoms with Gasteiger partial charge in [0, 0.05) is 11.8 Å². The van der Waals surface area contributed by atoms with Gasteiger partial charge < -0.3 is 14.2 Å². The molecule has 0 spiro atoms. The van der Waals surface area contributed by atoms with Crippen LogP contribution in [0.15, 0.2) is 48.7 Å². The van der Waals surface area contributed by atoms with Gasteiger partial charge in [-0.15, -0.1) is 0 Å². The molecule has 2 heterocycles. The molecule has 0 saturated heterocycles. The number of rotatable bonds is 5. The second kappa shape index (κ2) is 7.09. The van der Waals surface area contributed by atoms with Crippen LogP contribution >= 0.6 is 0 Å². The number of methoxy groups -OCH3 is 1. The van der Waals surface area contributed by atoms with Crippen LogP contribution in [0.2, 0.25) is 0 Å². The molecule has 4 heteroatoms. The molecule has 1 aliphatic rings. The summed E-state index contributed by atoms with van der Waals surface area (Å²) >= 11 is 0. The second-order valence-corrected chi connectivity index (χ2v) is 5.05. The van der Waals surface area contributed by atoms with Gasteiger partial charge in [0.1, 0.15) is 12.4 Å². The number of pyridine rings is 1. The Bertz CT molecular complexity index is 650. The largest absolute Gasteiger partial charge is 0.497 e. The highest BCUT2D eigenvalue weighted by Crippen LogP contribution is 2.28. The molecule has 0 N–H and O–H groups in total. The number of ether oxygens (including phenoxy) is 3. The van der Waals surface area contributed by atoms with Crippen molar-refractivity contribution < 1.29 is 14.2 Å². The van der Waals surface area contributed by atoms with E-state index in [0.717, 1.165) is 29.9 Å². The molecule has 3 rings (SSSR count). The normalized spacial score (nSPS) is 14.3. The summed E-state index contributed by atoms with van der Waals surface area (Å²) in [5, 5.41) is 0. The number of benzene rings is 1. The zero-order chi connectivity index (χ0) is 15.2. The standard InChI is InChI=1S/C18H19NO3/c1-20-16-6-4-14(5-7-16)13-22-18-17(3-2-10-19-18)15-8-11-21-12-9-15/h2-8,10H,9,11-13H2,1H3. The smallest absolute Gasteiger partial charge is 0.221 e. The average molecular weight is 297 g/mol. The van der Waals surface area contributed by atoms with E-state index in [1.807, 2.05) is 36.4 Å². The molecule has 4 nitrogen and oxygen atoms in total. The van der Waals surface area contributed by atoms with Gasteiger partial charge >= 0.3 is 0 Å². The lowest BCUT2D eigenvalue weighted by molar-refractivity contribution is 0.161. The molecule has 0 unspecified atom stereocenters. The van der Waals surface area contributed by atoms with Crippen LogP contribution < -0.4 is 9.47 Å². The van der Waals surface area contributed by atoms with E-state index < -0.39 is 0 Å². The minimum Gasteiger partial charge on any atom is -0.497 e. The molecule has 0 saturated carbocycles. The Morgan fingerprint density at radius 1 is 1.18 bits per heavy atom. The molecule has 0 radical (unpaired) electrons. The monoisotopic (exact) mass is 297 g/mol. The van der Waals surface area contributed by atoms with Crippen LogP contribution in [-0.4, -0.2) is 25.3 Å². The maximum atomic E-state index is 5.92. The van der Waals surface area contributed by atoms with E-state index in [4.69, 9.17) is 14.2 Å². The predicted molar refractivity (Wildman–Crippen MR) is 85.0 cm³/mol. The van der Waals surface area contributed by atoms with Gasteiger partial charge in [0.15, 0.2) is 0 Å². The fraction of sp³-hybridized carbons (Fsp3) is 0.278. The Morgan fingerprint density at radius 3 is 2.77 bits per heavy atom. The first-order valence-electron chi connectivity index (χ1n) is 7.35. The van der Waals surface area contributed by atoms with Crippen molar-refractivity contribution in [2.24, 2.45) is 0 Å². The van der Waals surface area contributed by atoms with Gasteiger partial charge in [-0.2, -0.15) is 0 Å². The predicted octanol–water partition coefficient (Wildman–Crippen LogP) is 3.47. The van der Waals surface area contributed by atoms with Gasteiger partial charge in [0.05, 0.1) is 20.3 Å². The minimum absolute atomic E-state index is 0.484. The SMILES string of the molecule is COc1ccc(COc2ncccc2C2=CCOCC2)cc1. The van der Waals surface area contributed by atoms with Gasteiger partial charge in [0.2, 0.25) is 5.88 Å². The molecule has 1 aromatic carbocycles. The van der Waals surface area contributed by atoms with Crippen LogP contribution in [0.5, 0.6) is 11.6 Å². The maximum Gasteiger partial charge on any atom is 0.221 e. The van der Waals surface area contributed by atoms with Crippen LogP contribution in [0.3, 0.4) is 0 Å². The van der Waals surface area contributed by atoms with Crippen molar-refractivity contribution in [3.8, 4) is 11.6 Å². The summed E-state index contributed by atoms with van der Waals surface area (Å²) in [5.74, 6) is 1.51. The summed E-state index contributed by atoms with van der Waals surface area (Å²) < 4.78 is 16.4.